The van der Waals surface area contributed by atoms with Crippen molar-refractivity contribution in [2.24, 2.45) is 28.2 Å². The van der Waals surface area contributed by atoms with Crippen molar-refractivity contribution in [3.8, 4) is 0 Å². The second-order valence-corrected chi connectivity index (χ2v) is 5.99. The molecule has 4 nitrogen and oxygen atoms in total. The van der Waals surface area contributed by atoms with Crippen LogP contribution in [0.25, 0.3) is 0 Å². The third-order valence-corrected chi connectivity index (χ3v) is 4.84. The van der Waals surface area contributed by atoms with E-state index < -0.39 is 0 Å². The first kappa shape index (κ1) is 10.5. The summed E-state index contributed by atoms with van der Waals surface area (Å²) in [4.78, 5) is 5.23. The number of hydrogen-bond donors (Lipinski definition) is 1. The number of rotatable bonds is 1. The fraction of sp³-hybridized carbons (Fsp3) is 0.917. The zero-order chi connectivity index (χ0) is 11.3. The average Bonchev–Trinajstić information content (AvgIpc) is 2.47. The van der Waals surface area contributed by atoms with Gasteiger partial charge >= 0.3 is 0 Å². The van der Waals surface area contributed by atoms with Crippen molar-refractivity contribution < 1.29 is 0 Å². The number of nitrogens with two attached hydrogens (primary N) is 1. The van der Waals surface area contributed by atoms with Crippen molar-refractivity contribution >= 4 is 5.71 Å². The fourth-order valence-electron chi connectivity index (χ4n) is 3.92. The maximum absolute atomic E-state index is 5.68. The molecule has 4 heterocycles. The standard InChI is InChI=1S/C12H22N4/c1-9(2)12-7-15-3-4-16(8-12)6-10(5-15)11(12)14-13/h9-10H,3-8,13H2,1-2H3/b14-11+. The van der Waals surface area contributed by atoms with Gasteiger partial charge < -0.3 is 15.6 Å². The van der Waals surface area contributed by atoms with Crippen LogP contribution >= 0.6 is 0 Å². The zero-order valence-electron chi connectivity index (χ0n) is 10.3. The molecule has 2 atom stereocenters. The fourth-order valence-corrected chi connectivity index (χ4v) is 3.92. The van der Waals surface area contributed by atoms with Crippen LogP contribution in [0.5, 0.6) is 0 Å². The Kier molecular flexibility index (Phi) is 2.27. The summed E-state index contributed by atoms with van der Waals surface area (Å²) in [6.07, 6.45) is 0. The molecule has 4 rings (SSSR count). The molecular weight excluding hydrogens is 200 g/mol. The van der Waals surface area contributed by atoms with Gasteiger partial charge in [-0.05, 0) is 5.92 Å². The van der Waals surface area contributed by atoms with Crippen LogP contribution in [-0.4, -0.2) is 54.8 Å². The first-order valence-electron chi connectivity index (χ1n) is 6.38. The van der Waals surface area contributed by atoms with Crippen LogP contribution in [0.2, 0.25) is 0 Å². The van der Waals surface area contributed by atoms with Gasteiger partial charge in [0.25, 0.3) is 0 Å². The molecule has 16 heavy (non-hydrogen) atoms. The van der Waals surface area contributed by atoms with E-state index in [9.17, 15) is 0 Å². The monoisotopic (exact) mass is 222 g/mol. The molecule has 4 fully saturated rings. The quantitative estimate of drug-likeness (QED) is 0.509. The van der Waals surface area contributed by atoms with Gasteiger partial charge in [0.2, 0.25) is 0 Å². The highest BCUT2D eigenvalue weighted by molar-refractivity contribution is 5.94. The molecule has 0 aromatic heterocycles. The van der Waals surface area contributed by atoms with Crippen molar-refractivity contribution in [3.05, 3.63) is 0 Å². The molecule has 4 aliphatic heterocycles. The summed E-state index contributed by atoms with van der Waals surface area (Å²) >= 11 is 0. The molecule has 2 N–H and O–H groups in total. The van der Waals surface area contributed by atoms with E-state index >= 15 is 0 Å². The highest BCUT2D eigenvalue weighted by Crippen LogP contribution is 2.43. The molecule has 0 aromatic rings. The maximum Gasteiger partial charge on any atom is 0.0522 e. The largest absolute Gasteiger partial charge is 0.323 e. The number of nitrogens with zero attached hydrogens (tertiary/aromatic N) is 3. The van der Waals surface area contributed by atoms with E-state index in [0.29, 0.717) is 11.8 Å². The Labute approximate surface area is 97.5 Å². The van der Waals surface area contributed by atoms with Gasteiger partial charge in [-0.3, -0.25) is 0 Å². The molecule has 4 bridgehead atoms. The van der Waals surface area contributed by atoms with Crippen molar-refractivity contribution in [3.63, 3.8) is 0 Å². The number of fused-ring (bicyclic) bond motifs is 1. The number of hydrazone groups is 1. The van der Waals surface area contributed by atoms with Gasteiger partial charge in [-0.15, -0.1) is 0 Å². The molecule has 0 radical (unpaired) electrons. The molecular formula is C12H22N4. The summed E-state index contributed by atoms with van der Waals surface area (Å²) in [6.45, 7) is 11.7. The minimum Gasteiger partial charge on any atom is -0.323 e. The number of piperidine rings is 2. The summed E-state index contributed by atoms with van der Waals surface area (Å²) in [7, 11) is 0. The Morgan fingerprint density at radius 3 is 2.25 bits per heavy atom. The lowest BCUT2D eigenvalue weighted by Gasteiger charge is -2.52. The van der Waals surface area contributed by atoms with E-state index in [2.05, 4.69) is 28.7 Å². The van der Waals surface area contributed by atoms with Crippen LogP contribution in [0.4, 0.5) is 0 Å². The normalized spacial score (nSPS) is 48.9. The Balaban J connectivity index is 2.06. The Morgan fingerprint density at radius 2 is 1.81 bits per heavy atom. The first-order chi connectivity index (χ1) is 7.65. The summed E-state index contributed by atoms with van der Waals surface area (Å²) in [5.41, 5.74) is 1.53. The van der Waals surface area contributed by atoms with Crippen molar-refractivity contribution in [2.75, 3.05) is 39.3 Å². The van der Waals surface area contributed by atoms with E-state index in [4.69, 9.17) is 5.84 Å². The van der Waals surface area contributed by atoms with Crippen LogP contribution in [-0.2, 0) is 0 Å². The maximum atomic E-state index is 5.68. The second kappa shape index (κ2) is 3.44. The topological polar surface area (TPSA) is 44.9 Å². The highest BCUT2D eigenvalue weighted by Gasteiger charge is 2.53. The van der Waals surface area contributed by atoms with Crippen LogP contribution in [0, 0.1) is 17.3 Å². The third kappa shape index (κ3) is 1.26. The molecule has 4 saturated heterocycles. The Morgan fingerprint density at radius 1 is 1.25 bits per heavy atom. The SMILES string of the molecule is CC(C)C12CN3CCN(CC(C3)/C1=N\N)C2. The van der Waals surface area contributed by atoms with Crippen molar-refractivity contribution in [2.45, 2.75) is 13.8 Å². The van der Waals surface area contributed by atoms with E-state index in [0.717, 1.165) is 13.1 Å². The van der Waals surface area contributed by atoms with Gasteiger partial charge in [-0.2, -0.15) is 5.10 Å². The van der Waals surface area contributed by atoms with Gasteiger partial charge in [0.15, 0.2) is 0 Å². The van der Waals surface area contributed by atoms with Gasteiger partial charge in [0.1, 0.15) is 0 Å². The molecule has 0 spiro atoms. The predicted molar refractivity (Wildman–Crippen MR) is 65.3 cm³/mol. The van der Waals surface area contributed by atoms with Gasteiger partial charge in [0, 0.05) is 50.6 Å². The minimum absolute atomic E-state index is 0.229. The van der Waals surface area contributed by atoms with E-state index in [-0.39, 0.29) is 5.41 Å². The molecule has 4 heteroatoms. The molecule has 0 aromatic carbocycles. The summed E-state index contributed by atoms with van der Waals surface area (Å²) in [6, 6.07) is 0. The lowest BCUT2D eigenvalue weighted by Crippen LogP contribution is -2.63. The first-order valence-corrected chi connectivity index (χ1v) is 6.38. The Hall–Kier alpha value is -0.610. The summed E-state index contributed by atoms with van der Waals surface area (Å²) in [5.74, 6) is 6.89. The lowest BCUT2D eigenvalue weighted by atomic mass is 9.64. The third-order valence-electron chi connectivity index (χ3n) is 4.84. The van der Waals surface area contributed by atoms with E-state index in [1.807, 2.05) is 0 Å². The highest BCUT2D eigenvalue weighted by atomic mass is 15.3. The molecule has 0 saturated carbocycles. The Bertz CT molecular complexity index is 307. The summed E-state index contributed by atoms with van der Waals surface area (Å²) < 4.78 is 0. The van der Waals surface area contributed by atoms with Gasteiger partial charge in [-0.25, -0.2) is 0 Å². The van der Waals surface area contributed by atoms with Crippen LogP contribution < -0.4 is 5.84 Å². The molecule has 4 aliphatic rings. The molecule has 2 unspecified atom stereocenters. The average molecular weight is 222 g/mol. The smallest absolute Gasteiger partial charge is 0.0522 e. The van der Waals surface area contributed by atoms with Crippen LogP contribution in [0.15, 0.2) is 5.10 Å². The van der Waals surface area contributed by atoms with Gasteiger partial charge in [-0.1, -0.05) is 13.8 Å². The van der Waals surface area contributed by atoms with Crippen molar-refractivity contribution in [1.29, 1.82) is 0 Å². The predicted octanol–water partition coefficient (Wildman–Crippen LogP) is 0.205. The van der Waals surface area contributed by atoms with Crippen LogP contribution in [0.1, 0.15) is 13.8 Å². The molecule has 90 valence electrons. The molecule has 0 amide bonds. The second-order valence-electron chi connectivity index (χ2n) is 5.99. The number of hydrogen-bond acceptors (Lipinski definition) is 4. The minimum atomic E-state index is 0.229. The van der Waals surface area contributed by atoms with Crippen molar-refractivity contribution in [1.82, 2.24) is 9.80 Å². The van der Waals surface area contributed by atoms with Crippen LogP contribution in [0.3, 0.4) is 0 Å². The molecule has 0 aliphatic carbocycles. The van der Waals surface area contributed by atoms with E-state index in [1.54, 1.807) is 0 Å². The zero-order valence-corrected chi connectivity index (χ0v) is 10.3. The lowest BCUT2D eigenvalue weighted by molar-refractivity contribution is 0.0831. The van der Waals surface area contributed by atoms with Gasteiger partial charge in [0.05, 0.1) is 5.71 Å². The summed E-state index contributed by atoms with van der Waals surface area (Å²) in [5, 5.41) is 4.19. The van der Waals surface area contributed by atoms with E-state index in [1.165, 1.54) is 31.9 Å².